The van der Waals surface area contributed by atoms with Crippen LogP contribution in [0.3, 0.4) is 0 Å². The molecule has 1 saturated heterocycles. The number of nitrogens with one attached hydrogen (secondary N) is 1. The van der Waals surface area contributed by atoms with E-state index in [1.54, 1.807) is 18.3 Å². The molecule has 1 aliphatic heterocycles. The van der Waals surface area contributed by atoms with Crippen molar-refractivity contribution in [3.8, 4) is 5.88 Å². The van der Waals surface area contributed by atoms with E-state index < -0.39 is 6.04 Å². The number of aliphatic hydroxyl groups excluding tert-OH is 1. The number of amides is 1. The molecule has 28 heavy (non-hydrogen) atoms. The minimum Gasteiger partial charge on any atom is -0.474 e. The number of ether oxygens (including phenoxy) is 2. The number of rotatable bonds is 9. The molecule has 6 heteroatoms. The number of hydrogen-bond donors (Lipinski definition) is 2. The second kappa shape index (κ2) is 9.66. The fourth-order valence-electron chi connectivity index (χ4n) is 3.36. The summed E-state index contributed by atoms with van der Waals surface area (Å²) in [7, 11) is 0. The van der Waals surface area contributed by atoms with Gasteiger partial charge in [0, 0.05) is 31.0 Å². The van der Waals surface area contributed by atoms with Gasteiger partial charge < -0.3 is 19.9 Å². The first kappa shape index (κ1) is 20.3. The van der Waals surface area contributed by atoms with Crippen LogP contribution in [-0.4, -0.2) is 41.9 Å². The number of nitrogens with zero attached hydrogens (tertiary/aromatic N) is 1. The fraction of sp³-hybridized carbons (Fsp3) is 0.455. The Balaban J connectivity index is 1.53. The van der Waals surface area contributed by atoms with Crippen molar-refractivity contribution in [1.29, 1.82) is 0 Å². The lowest BCUT2D eigenvalue weighted by atomic mass is 10.1. The molecule has 0 bridgehead atoms. The standard InChI is InChI=1S/C22H28N2O4/c1-3-4-5-15(2)18-12-19(18)22(26)24-20(14-25)16-6-7-21(23-13-16)28-17-8-10-27-11-9-17/h3-7,13,17-20,25H,1-2,8-12,14H2,(H,24,26)/t18-,19+,20+/m1/s1. The molecule has 1 aromatic heterocycles. The van der Waals surface area contributed by atoms with Crippen LogP contribution in [0.4, 0.5) is 0 Å². The van der Waals surface area contributed by atoms with Crippen LogP contribution in [0.25, 0.3) is 0 Å². The van der Waals surface area contributed by atoms with Crippen molar-refractivity contribution in [1.82, 2.24) is 10.3 Å². The molecule has 2 fully saturated rings. The first-order valence-electron chi connectivity index (χ1n) is 9.72. The normalized spacial score (nSPS) is 23.2. The first-order valence-corrected chi connectivity index (χ1v) is 9.72. The highest BCUT2D eigenvalue weighted by Gasteiger charge is 2.44. The van der Waals surface area contributed by atoms with Crippen LogP contribution < -0.4 is 10.1 Å². The lowest BCUT2D eigenvalue weighted by Gasteiger charge is -2.23. The van der Waals surface area contributed by atoms with Gasteiger partial charge in [-0.3, -0.25) is 4.79 Å². The number of pyridine rings is 1. The summed E-state index contributed by atoms with van der Waals surface area (Å²) in [5.41, 5.74) is 1.68. The van der Waals surface area contributed by atoms with Gasteiger partial charge >= 0.3 is 0 Å². The van der Waals surface area contributed by atoms with Gasteiger partial charge in [-0.05, 0) is 24.0 Å². The molecule has 0 unspecified atom stereocenters. The van der Waals surface area contributed by atoms with E-state index in [1.165, 1.54) is 0 Å². The monoisotopic (exact) mass is 384 g/mol. The van der Waals surface area contributed by atoms with Gasteiger partial charge in [-0.15, -0.1) is 0 Å². The maximum Gasteiger partial charge on any atom is 0.224 e. The van der Waals surface area contributed by atoms with Gasteiger partial charge in [0.1, 0.15) is 6.10 Å². The van der Waals surface area contributed by atoms with E-state index in [4.69, 9.17) is 9.47 Å². The van der Waals surface area contributed by atoms with E-state index in [2.05, 4.69) is 23.5 Å². The summed E-state index contributed by atoms with van der Waals surface area (Å²) in [6.45, 7) is 8.86. The average Bonchev–Trinajstić information content (AvgIpc) is 3.53. The van der Waals surface area contributed by atoms with Crippen molar-refractivity contribution < 1.29 is 19.4 Å². The van der Waals surface area contributed by atoms with Crippen molar-refractivity contribution in [3.05, 3.63) is 60.9 Å². The molecule has 0 spiro atoms. The quantitative estimate of drug-likeness (QED) is 0.640. The third-order valence-electron chi connectivity index (χ3n) is 5.17. The van der Waals surface area contributed by atoms with E-state index in [-0.39, 0.29) is 30.5 Å². The van der Waals surface area contributed by atoms with Crippen LogP contribution in [0, 0.1) is 11.8 Å². The van der Waals surface area contributed by atoms with E-state index in [9.17, 15) is 9.90 Å². The fourth-order valence-corrected chi connectivity index (χ4v) is 3.36. The summed E-state index contributed by atoms with van der Waals surface area (Å²) >= 11 is 0. The van der Waals surface area contributed by atoms with Crippen LogP contribution in [0.5, 0.6) is 5.88 Å². The molecular formula is C22H28N2O4. The predicted octanol–water partition coefficient (Wildman–Crippen LogP) is 2.72. The summed E-state index contributed by atoms with van der Waals surface area (Å²) in [6.07, 6.45) is 9.65. The van der Waals surface area contributed by atoms with E-state index in [0.29, 0.717) is 19.1 Å². The van der Waals surface area contributed by atoms with Gasteiger partial charge in [-0.2, -0.15) is 0 Å². The molecule has 0 aromatic carbocycles. The molecule has 1 amide bonds. The lowest BCUT2D eigenvalue weighted by molar-refractivity contribution is -0.123. The van der Waals surface area contributed by atoms with Gasteiger partial charge in [0.2, 0.25) is 11.8 Å². The highest BCUT2D eigenvalue weighted by atomic mass is 16.5. The Hall–Kier alpha value is -2.44. The summed E-state index contributed by atoms with van der Waals surface area (Å²) in [4.78, 5) is 16.8. The largest absolute Gasteiger partial charge is 0.474 e. The summed E-state index contributed by atoms with van der Waals surface area (Å²) < 4.78 is 11.2. The third kappa shape index (κ3) is 5.30. The van der Waals surface area contributed by atoms with E-state index >= 15 is 0 Å². The van der Waals surface area contributed by atoms with Crippen LogP contribution in [0.1, 0.15) is 30.9 Å². The molecule has 3 atom stereocenters. The van der Waals surface area contributed by atoms with E-state index in [1.807, 2.05) is 18.2 Å². The van der Waals surface area contributed by atoms with Gasteiger partial charge in [-0.25, -0.2) is 4.98 Å². The lowest BCUT2D eigenvalue weighted by Crippen LogP contribution is -2.32. The molecular weight excluding hydrogens is 356 g/mol. The number of allylic oxidation sites excluding steroid dienone is 4. The zero-order valence-corrected chi connectivity index (χ0v) is 16.0. The minimum atomic E-state index is -0.490. The summed E-state index contributed by atoms with van der Waals surface area (Å²) in [5.74, 6) is 0.537. The molecule has 6 nitrogen and oxygen atoms in total. The summed E-state index contributed by atoms with van der Waals surface area (Å²) in [6, 6.07) is 3.12. The smallest absolute Gasteiger partial charge is 0.224 e. The molecule has 1 aromatic rings. The first-order chi connectivity index (χ1) is 13.6. The van der Waals surface area contributed by atoms with Crippen molar-refractivity contribution in [2.24, 2.45) is 11.8 Å². The van der Waals surface area contributed by atoms with Crippen molar-refractivity contribution in [2.75, 3.05) is 19.8 Å². The molecule has 0 radical (unpaired) electrons. The Kier molecular flexibility index (Phi) is 7.01. The molecule has 2 heterocycles. The van der Waals surface area contributed by atoms with Gasteiger partial charge in [0.25, 0.3) is 0 Å². The Labute approximate surface area is 166 Å². The number of hydrogen-bond acceptors (Lipinski definition) is 5. The number of aromatic nitrogens is 1. The maximum atomic E-state index is 12.5. The Morgan fingerprint density at radius 1 is 1.39 bits per heavy atom. The van der Waals surface area contributed by atoms with Crippen LogP contribution in [0.2, 0.25) is 0 Å². The minimum absolute atomic E-state index is 0.0697. The van der Waals surface area contributed by atoms with Gasteiger partial charge in [0.15, 0.2) is 0 Å². The van der Waals surface area contributed by atoms with Crippen molar-refractivity contribution >= 4 is 5.91 Å². The molecule has 1 saturated carbocycles. The highest BCUT2D eigenvalue weighted by Crippen LogP contribution is 2.44. The molecule has 150 valence electrons. The Morgan fingerprint density at radius 3 is 2.82 bits per heavy atom. The number of aliphatic hydroxyl groups is 1. The van der Waals surface area contributed by atoms with Gasteiger partial charge in [-0.1, -0.05) is 37.0 Å². The second-order valence-corrected chi connectivity index (χ2v) is 7.22. The average molecular weight is 384 g/mol. The maximum absolute atomic E-state index is 12.5. The Morgan fingerprint density at radius 2 is 2.18 bits per heavy atom. The zero-order valence-electron chi connectivity index (χ0n) is 16.0. The highest BCUT2D eigenvalue weighted by molar-refractivity contribution is 5.82. The SMILES string of the molecule is C=CC=CC(=C)[C@H]1C[C@@H]1C(=O)N[C@@H](CO)c1ccc(OC2CCOCC2)nc1. The number of carbonyl (C=O) groups excluding carboxylic acids is 1. The zero-order chi connectivity index (χ0) is 19.9. The molecule has 3 rings (SSSR count). The van der Waals surface area contributed by atoms with Gasteiger partial charge in [0.05, 0.1) is 25.9 Å². The van der Waals surface area contributed by atoms with Crippen LogP contribution >= 0.6 is 0 Å². The topological polar surface area (TPSA) is 80.7 Å². The summed E-state index contributed by atoms with van der Waals surface area (Å²) in [5, 5.41) is 12.6. The molecule has 2 N–H and O–H groups in total. The van der Waals surface area contributed by atoms with Crippen molar-refractivity contribution in [3.63, 3.8) is 0 Å². The van der Waals surface area contributed by atoms with Crippen LogP contribution in [0.15, 0.2) is 55.3 Å². The van der Waals surface area contributed by atoms with Crippen molar-refractivity contribution in [2.45, 2.75) is 31.4 Å². The predicted molar refractivity (Wildman–Crippen MR) is 107 cm³/mol. The molecule has 2 aliphatic rings. The Bertz CT molecular complexity index is 723. The number of carbonyl (C=O) groups is 1. The van der Waals surface area contributed by atoms with E-state index in [0.717, 1.165) is 30.4 Å². The second-order valence-electron chi connectivity index (χ2n) is 7.22. The van der Waals surface area contributed by atoms with Crippen LogP contribution in [-0.2, 0) is 9.53 Å². The molecule has 1 aliphatic carbocycles. The third-order valence-corrected chi connectivity index (χ3v) is 5.17.